The molecule has 0 unspecified atom stereocenters. The predicted octanol–water partition coefficient (Wildman–Crippen LogP) is 1.45. The number of amides is 1. The largest absolute Gasteiger partial charge is 0.445 e. The summed E-state index contributed by atoms with van der Waals surface area (Å²) in [4.78, 5) is 12.7. The average molecular weight is 202 g/mol. The van der Waals surface area contributed by atoms with Gasteiger partial charge in [-0.3, -0.25) is 0 Å². The molecular formula is C10H22N2O2. The van der Waals surface area contributed by atoms with Crippen molar-refractivity contribution in [2.24, 2.45) is 11.7 Å². The van der Waals surface area contributed by atoms with Crippen LogP contribution in [0.1, 0.15) is 27.2 Å². The summed E-state index contributed by atoms with van der Waals surface area (Å²) in [5, 5.41) is 0. The normalized spacial score (nSPS) is 13.3. The Kier molecular flexibility index (Phi) is 6.28. The zero-order valence-corrected chi connectivity index (χ0v) is 9.62. The predicted molar refractivity (Wildman–Crippen MR) is 57.1 cm³/mol. The van der Waals surface area contributed by atoms with E-state index < -0.39 is 6.09 Å². The minimum atomic E-state index is -0.685. The topological polar surface area (TPSA) is 55.6 Å². The first-order valence-electron chi connectivity index (χ1n) is 5.10. The number of rotatable bonds is 6. The van der Waals surface area contributed by atoms with Crippen LogP contribution >= 0.6 is 0 Å². The van der Waals surface area contributed by atoms with Crippen molar-refractivity contribution in [3.05, 3.63) is 0 Å². The maximum absolute atomic E-state index is 10.6. The molecule has 4 nitrogen and oxygen atoms in total. The summed E-state index contributed by atoms with van der Waals surface area (Å²) in [7, 11) is 2.02. The number of carbonyl (C=O) groups excluding carboxylic acids is 1. The highest BCUT2D eigenvalue weighted by Crippen LogP contribution is 2.03. The quantitative estimate of drug-likeness (QED) is 0.709. The highest BCUT2D eigenvalue weighted by Gasteiger charge is 2.13. The Morgan fingerprint density at radius 1 is 1.43 bits per heavy atom. The van der Waals surface area contributed by atoms with E-state index in [1.807, 2.05) is 14.0 Å². The maximum Gasteiger partial charge on any atom is 0.404 e. The van der Waals surface area contributed by atoms with Crippen LogP contribution in [0.25, 0.3) is 0 Å². The molecule has 0 aliphatic carbocycles. The summed E-state index contributed by atoms with van der Waals surface area (Å²) in [6.07, 6.45) is 0.0248. The van der Waals surface area contributed by atoms with Gasteiger partial charge in [0.15, 0.2) is 0 Å². The molecule has 0 aromatic carbocycles. The van der Waals surface area contributed by atoms with E-state index in [2.05, 4.69) is 18.7 Å². The van der Waals surface area contributed by atoms with Crippen LogP contribution in [0.5, 0.6) is 0 Å². The van der Waals surface area contributed by atoms with Gasteiger partial charge < -0.3 is 15.4 Å². The van der Waals surface area contributed by atoms with Crippen LogP contribution in [-0.2, 0) is 4.74 Å². The molecule has 0 rings (SSSR count). The number of nitrogens with zero attached hydrogens (tertiary/aromatic N) is 1. The van der Waals surface area contributed by atoms with E-state index in [9.17, 15) is 4.79 Å². The van der Waals surface area contributed by atoms with Gasteiger partial charge in [-0.15, -0.1) is 0 Å². The van der Waals surface area contributed by atoms with Crippen LogP contribution < -0.4 is 5.73 Å². The van der Waals surface area contributed by atoms with E-state index in [0.29, 0.717) is 5.92 Å². The molecule has 2 N–H and O–H groups in total. The van der Waals surface area contributed by atoms with Gasteiger partial charge in [0.25, 0.3) is 0 Å². The molecule has 0 saturated carbocycles. The van der Waals surface area contributed by atoms with Gasteiger partial charge in [-0.1, -0.05) is 20.8 Å². The summed E-state index contributed by atoms with van der Waals surface area (Å²) in [5.74, 6) is 0.617. The van der Waals surface area contributed by atoms with Crippen LogP contribution in [0.3, 0.4) is 0 Å². The lowest BCUT2D eigenvalue weighted by molar-refractivity contribution is 0.0783. The molecule has 0 radical (unpaired) electrons. The van der Waals surface area contributed by atoms with Crippen LogP contribution in [0.15, 0.2) is 0 Å². The van der Waals surface area contributed by atoms with Crippen LogP contribution in [0.2, 0.25) is 0 Å². The number of hydrogen-bond acceptors (Lipinski definition) is 3. The van der Waals surface area contributed by atoms with Crippen molar-refractivity contribution in [1.82, 2.24) is 4.90 Å². The molecule has 1 amide bonds. The molecule has 14 heavy (non-hydrogen) atoms. The highest BCUT2D eigenvalue weighted by atomic mass is 16.6. The third-order valence-electron chi connectivity index (χ3n) is 1.93. The van der Waals surface area contributed by atoms with Crippen molar-refractivity contribution in [3.8, 4) is 0 Å². The number of ether oxygens (including phenoxy) is 1. The molecule has 1 atom stereocenters. The van der Waals surface area contributed by atoms with Crippen molar-refractivity contribution in [1.29, 1.82) is 0 Å². The second-order valence-electron chi connectivity index (χ2n) is 4.08. The minimum Gasteiger partial charge on any atom is -0.445 e. The van der Waals surface area contributed by atoms with Gasteiger partial charge in [0.2, 0.25) is 0 Å². The lowest BCUT2D eigenvalue weighted by Gasteiger charge is -2.23. The van der Waals surface area contributed by atoms with Crippen molar-refractivity contribution in [2.75, 3.05) is 20.1 Å². The third-order valence-corrected chi connectivity index (χ3v) is 1.93. The Labute approximate surface area is 86.4 Å². The minimum absolute atomic E-state index is 0.0868. The van der Waals surface area contributed by atoms with Crippen molar-refractivity contribution in [3.63, 3.8) is 0 Å². The summed E-state index contributed by atoms with van der Waals surface area (Å²) >= 11 is 0. The molecule has 4 heteroatoms. The number of carbonyl (C=O) groups is 1. The first kappa shape index (κ1) is 13.2. The number of likely N-dealkylation sites (N-methyl/N-ethyl adjacent to an activating group) is 1. The fourth-order valence-electron chi connectivity index (χ4n) is 1.46. The second-order valence-corrected chi connectivity index (χ2v) is 4.08. The van der Waals surface area contributed by atoms with Gasteiger partial charge in [0, 0.05) is 13.1 Å². The van der Waals surface area contributed by atoms with Gasteiger partial charge in [0.05, 0.1) is 0 Å². The highest BCUT2D eigenvalue weighted by molar-refractivity contribution is 5.64. The van der Waals surface area contributed by atoms with Crippen LogP contribution in [-0.4, -0.2) is 37.2 Å². The third kappa shape index (κ3) is 6.71. The van der Waals surface area contributed by atoms with Crippen molar-refractivity contribution in [2.45, 2.75) is 33.3 Å². The number of hydrogen-bond donors (Lipinski definition) is 1. The molecular weight excluding hydrogens is 180 g/mol. The summed E-state index contributed by atoms with van der Waals surface area (Å²) < 4.78 is 4.95. The molecule has 0 saturated heterocycles. The van der Waals surface area contributed by atoms with E-state index in [1.165, 1.54) is 0 Å². The summed E-state index contributed by atoms with van der Waals surface area (Å²) in [5.41, 5.74) is 4.97. The second kappa shape index (κ2) is 6.65. The Morgan fingerprint density at radius 3 is 2.36 bits per heavy atom. The fourth-order valence-corrected chi connectivity index (χ4v) is 1.46. The zero-order valence-electron chi connectivity index (χ0n) is 9.62. The summed E-state index contributed by atoms with van der Waals surface area (Å²) in [6.45, 7) is 8.05. The molecule has 0 spiro atoms. The van der Waals surface area contributed by atoms with Gasteiger partial charge in [-0.25, -0.2) is 4.79 Å². The lowest BCUT2D eigenvalue weighted by Crippen LogP contribution is -2.35. The monoisotopic (exact) mass is 202 g/mol. The van der Waals surface area contributed by atoms with Crippen LogP contribution in [0, 0.1) is 5.92 Å². The van der Waals surface area contributed by atoms with Gasteiger partial charge in [0.1, 0.15) is 6.10 Å². The van der Waals surface area contributed by atoms with Gasteiger partial charge in [-0.05, 0) is 19.4 Å². The van der Waals surface area contributed by atoms with E-state index in [1.54, 1.807) is 0 Å². The molecule has 0 aliphatic rings. The molecule has 0 fully saturated rings. The fraction of sp³-hybridized carbons (Fsp3) is 0.900. The Morgan fingerprint density at radius 2 is 2.00 bits per heavy atom. The van der Waals surface area contributed by atoms with Gasteiger partial charge in [-0.2, -0.15) is 0 Å². The zero-order chi connectivity index (χ0) is 11.1. The Bertz CT molecular complexity index is 172. The number of nitrogens with two attached hydrogens (primary N) is 1. The van der Waals surface area contributed by atoms with Crippen LogP contribution in [0.4, 0.5) is 4.79 Å². The SMILES string of the molecule is CC[C@@H](CN(C)CC(C)C)OC(N)=O. The van der Waals surface area contributed by atoms with Crippen molar-refractivity contribution < 1.29 is 9.53 Å². The maximum atomic E-state index is 10.6. The molecule has 0 aromatic heterocycles. The molecule has 0 aromatic rings. The molecule has 0 heterocycles. The Hall–Kier alpha value is -0.770. The molecule has 0 aliphatic heterocycles. The number of primary amides is 1. The average Bonchev–Trinajstić information content (AvgIpc) is 2.00. The lowest BCUT2D eigenvalue weighted by atomic mass is 10.2. The smallest absolute Gasteiger partial charge is 0.404 e. The first-order valence-corrected chi connectivity index (χ1v) is 5.10. The Balaban J connectivity index is 3.85. The van der Waals surface area contributed by atoms with E-state index in [4.69, 9.17) is 10.5 Å². The van der Waals surface area contributed by atoms with E-state index in [-0.39, 0.29) is 6.10 Å². The standard InChI is InChI=1S/C10H22N2O2/c1-5-9(14-10(11)13)7-12(4)6-8(2)3/h8-9H,5-7H2,1-4H3,(H2,11,13)/t9-/m0/s1. The van der Waals surface area contributed by atoms with E-state index in [0.717, 1.165) is 19.5 Å². The molecule has 0 bridgehead atoms. The van der Waals surface area contributed by atoms with Crippen molar-refractivity contribution >= 4 is 6.09 Å². The van der Waals surface area contributed by atoms with Gasteiger partial charge >= 0.3 is 6.09 Å². The summed E-state index contributed by atoms with van der Waals surface area (Å²) in [6, 6.07) is 0. The molecule has 84 valence electrons. The first-order chi connectivity index (χ1) is 6.45. The van der Waals surface area contributed by atoms with E-state index >= 15 is 0 Å².